The number of hydrogen-bond donors (Lipinski definition) is 1. The zero-order valence-corrected chi connectivity index (χ0v) is 9.32. The second-order valence-corrected chi connectivity index (χ2v) is 4.53. The van der Waals surface area contributed by atoms with Gasteiger partial charge >= 0.3 is 0 Å². The lowest BCUT2D eigenvalue weighted by Gasteiger charge is -2.15. The third kappa shape index (κ3) is 1.26. The SMILES string of the molecule is Cn1ncc(Br)c1C(O)C1(C#N)CC1. The first-order chi connectivity index (χ1) is 6.60. The number of nitriles is 1. The fourth-order valence-electron chi connectivity index (χ4n) is 1.57. The number of nitrogens with zero attached hydrogens (tertiary/aromatic N) is 3. The molecule has 4 nitrogen and oxygen atoms in total. The first-order valence-electron chi connectivity index (χ1n) is 4.37. The summed E-state index contributed by atoms with van der Waals surface area (Å²) in [6, 6.07) is 2.18. The summed E-state index contributed by atoms with van der Waals surface area (Å²) < 4.78 is 2.36. The van der Waals surface area contributed by atoms with E-state index in [1.165, 1.54) is 0 Å². The van der Waals surface area contributed by atoms with Crippen LogP contribution in [0.2, 0.25) is 0 Å². The van der Waals surface area contributed by atoms with Gasteiger partial charge in [0.1, 0.15) is 6.10 Å². The molecule has 1 unspecified atom stereocenters. The summed E-state index contributed by atoms with van der Waals surface area (Å²) in [5, 5.41) is 23.0. The third-order valence-corrected chi connectivity index (χ3v) is 3.34. The van der Waals surface area contributed by atoms with E-state index in [1.807, 2.05) is 0 Å². The third-order valence-electron chi connectivity index (χ3n) is 2.73. The molecule has 74 valence electrons. The molecule has 0 radical (unpaired) electrons. The van der Waals surface area contributed by atoms with Gasteiger partial charge in [-0.1, -0.05) is 0 Å². The highest BCUT2D eigenvalue weighted by Gasteiger charge is 2.51. The van der Waals surface area contributed by atoms with E-state index >= 15 is 0 Å². The van der Waals surface area contributed by atoms with Crippen LogP contribution in [0.1, 0.15) is 24.6 Å². The molecule has 1 aliphatic rings. The summed E-state index contributed by atoms with van der Waals surface area (Å²) >= 11 is 3.31. The predicted molar refractivity (Wildman–Crippen MR) is 53.1 cm³/mol. The molecule has 0 bridgehead atoms. The quantitative estimate of drug-likeness (QED) is 0.872. The van der Waals surface area contributed by atoms with Crippen molar-refractivity contribution in [3.8, 4) is 6.07 Å². The molecule has 1 N–H and O–H groups in total. The summed E-state index contributed by atoms with van der Waals surface area (Å²) in [6.45, 7) is 0. The number of halogens is 1. The summed E-state index contributed by atoms with van der Waals surface area (Å²) in [6.07, 6.45) is 2.42. The van der Waals surface area contributed by atoms with Gasteiger partial charge in [-0.2, -0.15) is 10.4 Å². The number of aromatic nitrogens is 2. The van der Waals surface area contributed by atoms with Crippen LogP contribution < -0.4 is 0 Å². The van der Waals surface area contributed by atoms with E-state index < -0.39 is 11.5 Å². The Balaban J connectivity index is 2.37. The van der Waals surface area contributed by atoms with Gasteiger partial charge in [-0.05, 0) is 28.8 Å². The Morgan fingerprint density at radius 2 is 2.43 bits per heavy atom. The molecular formula is C9H10BrN3O. The van der Waals surface area contributed by atoms with Crippen LogP contribution in [-0.2, 0) is 7.05 Å². The molecule has 0 saturated heterocycles. The van der Waals surface area contributed by atoms with Gasteiger partial charge in [0.15, 0.2) is 0 Å². The average molecular weight is 256 g/mol. The van der Waals surface area contributed by atoms with Crippen molar-refractivity contribution in [2.24, 2.45) is 12.5 Å². The van der Waals surface area contributed by atoms with Gasteiger partial charge in [0, 0.05) is 7.05 Å². The molecule has 1 aromatic rings. The summed E-state index contributed by atoms with van der Waals surface area (Å²) in [5.41, 5.74) is 0.111. The van der Waals surface area contributed by atoms with Crippen molar-refractivity contribution in [2.45, 2.75) is 18.9 Å². The zero-order valence-electron chi connectivity index (χ0n) is 7.74. The zero-order chi connectivity index (χ0) is 10.3. The lowest BCUT2D eigenvalue weighted by atomic mass is 9.98. The number of aliphatic hydroxyl groups is 1. The van der Waals surface area contributed by atoms with Crippen molar-refractivity contribution >= 4 is 15.9 Å². The van der Waals surface area contributed by atoms with Crippen molar-refractivity contribution in [3.63, 3.8) is 0 Å². The highest BCUT2D eigenvalue weighted by atomic mass is 79.9. The molecule has 14 heavy (non-hydrogen) atoms. The Morgan fingerprint density at radius 3 is 2.79 bits per heavy atom. The van der Waals surface area contributed by atoms with E-state index in [1.54, 1.807) is 17.9 Å². The highest BCUT2D eigenvalue weighted by molar-refractivity contribution is 9.10. The van der Waals surface area contributed by atoms with Gasteiger partial charge in [-0.3, -0.25) is 4.68 Å². The Labute approximate surface area is 90.3 Å². The van der Waals surface area contributed by atoms with Gasteiger partial charge in [0.05, 0.1) is 27.8 Å². The monoisotopic (exact) mass is 255 g/mol. The normalized spacial score (nSPS) is 20.1. The van der Waals surface area contributed by atoms with Crippen LogP contribution in [-0.4, -0.2) is 14.9 Å². The molecule has 1 aliphatic carbocycles. The molecular weight excluding hydrogens is 246 g/mol. The summed E-state index contributed by atoms with van der Waals surface area (Å²) in [7, 11) is 1.76. The molecule has 1 heterocycles. The molecule has 1 aromatic heterocycles. The van der Waals surface area contributed by atoms with Crippen molar-refractivity contribution in [2.75, 3.05) is 0 Å². The van der Waals surface area contributed by atoms with Gasteiger partial charge in [-0.15, -0.1) is 0 Å². The molecule has 0 amide bonds. The van der Waals surface area contributed by atoms with Gasteiger partial charge in [0.25, 0.3) is 0 Å². The number of rotatable bonds is 2. The first kappa shape index (κ1) is 9.69. The second kappa shape index (κ2) is 3.07. The molecule has 2 rings (SSSR count). The van der Waals surface area contributed by atoms with Crippen LogP contribution in [0.5, 0.6) is 0 Å². The molecule has 5 heteroatoms. The second-order valence-electron chi connectivity index (χ2n) is 3.67. The van der Waals surface area contributed by atoms with Crippen LogP contribution in [0.15, 0.2) is 10.7 Å². The minimum Gasteiger partial charge on any atom is -0.385 e. The van der Waals surface area contributed by atoms with Gasteiger partial charge in [0.2, 0.25) is 0 Å². The van der Waals surface area contributed by atoms with E-state index in [0.717, 1.165) is 17.3 Å². The lowest BCUT2D eigenvalue weighted by Crippen LogP contribution is -2.15. The topological polar surface area (TPSA) is 61.8 Å². The Bertz CT molecular complexity index is 383. The van der Waals surface area contributed by atoms with Crippen molar-refractivity contribution in [1.29, 1.82) is 5.26 Å². The predicted octanol–water partition coefficient (Wildman–Crippen LogP) is 1.52. The molecule has 0 aliphatic heterocycles. The van der Waals surface area contributed by atoms with E-state index in [-0.39, 0.29) is 0 Å². The Morgan fingerprint density at radius 1 is 1.79 bits per heavy atom. The number of hydrogen-bond acceptors (Lipinski definition) is 3. The molecule has 1 atom stereocenters. The summed E-state index contributed by atoms with van der Waals surface area (Å²) in [5.74, 6) is 0. The Hall–Kier alpha value is -0.860. The maximum absolute atomic E-state index is 10.0. The van der Waals surface area contributed by atoms with Crippen molar-refractivity contribution in [1.82, 2.24) is 9.78 Å². The van der Waals surface area contributed by atoms with Crippen molar-refractivity contribution < 1.29 is 5.11 Å². The maximum Gasteiger partial charge on any atom is 0.115 e. The molecule has 0 spiro atoms. The van der Waals surface area contributed by atoms with E-state index in [0.29, 0.717) is 5.69 Å². The van der Waals surface area contributed by atoms with E-state index in [4.69, 9.17) is 5.26 Å². The smallest absolute Gasteiger partial charge is 0.115 e. The largest absolute Gasteiger partial charge is 0.385 e. The van der Waals surface area contributed by atoms with Crippen LogP contribution in [0.4, 0.5) is 0 Å². The van der Waals surface area contributed by atoms with Crippen LogP contribution in [0.3, 0.4) is 0 Å². The molecule has 1 saturated carbocycles. The average Bonchev–Trinajstić information content (AvgIpc) is 2.89. The fraction of sp³-hybridized carbons (Fsp3) is 0.556. The van der Waals surface area contributed by atoms with Gasteiger partial charge < -0.3 is 5.11 Å². The van der Waals surface area contributed by atoms with E-state index in [2.05, 4.69) is 27.1 Å². The summed E-state index contributed by atoms with van der Waals surface area (Å²) in [4.78, 5) is 0. The Kier molecular flexibility index (Phi) is 2.13. The molecule has 0 aromatic carbocycles. The minimum atomic E-state index is -0.741. The van der Waals surface area contributed by atoms with Gasteiger partial charge in [-0.25, -0.2) is 0 Å². The van der Waals surface area contributed by atoms with Crippen LogP contribution in [0.25, 0.3) is 0 Å². The number of aliphatic hydroxyl groups excluding tert-OH is 1. The van der Waals surface area contributed by atoms with Crippen molar-refractivity contribution in [3.05, 3.63) is 16.4 Å². The minimum absolute atomic E-state index is 0.573. The highest BCUT2D eigenvalue weighted by Crippen LogP contribution is 2.55. The lowest BCUT2D eigenvalue weighted by molar-refractivity contribution is 0.113. The number of aryl methyl sites for hydroxylation is 1. The molecule has 1 fully saturated rings. The fourth-order valence-corrected chi connectivity index (χ4v) is 2.14. The van der Waals surface area contributed by atoms with Crippen LogP contribution in [0, 0.1) is 16.7 Å². The first-order valence-corrected chi connectivity index (χ1v) is 5.17. The van der Waals surface area contributed by atoms with E-state index in [9.17, 15) is 5.11 Å². The van der Waals surface area contributed by atoms with Crippen LogP contribution >= 0.6 is 15.9 Å². The standard InChI is InChI=1S/C9H10BrN3O/c1-13-7(6(10)4-12-13)8(14)9(5-11)2-3-9/h4,8,14H,2-3H2,1H3. The maximum atomic E-state index is 10.0.